The second-order valence-corrected chi connectivity index (χ2v) is 10.2. The van der Waals surface area contributed by atoms with Crippen LogP contribution in [0.2, 0.25) is 0 Å². The zero-order valence-electron chi connectivity index (χ0n) is 20.4. The first-order valence-electron chi connectivity index (χ1n) is 11.0. The number of aliphatic hydroxyl groups is 2. The number of carbonyl (C=O) groups is 2. The van der Waals surface area contributed by atoms with Gasteiger partial charge in [-0.3, -0.25) is 4.79 Å². The maximum Gasteiger partial charge on any atom is 0.407 e. The van der Waals surface area contributed by atoms with Crippen LogP contribution in [-0.2, 0) is 9.53 Å². The van der Waals surface area contributed by atoms with Gasteiger partial charge < -0.3 is 30.3 Å². The smallest absolute Gasteiger partial charge is 0.407 e. The fourth-order valence-electron chi connectivity index (χ4n) is 3.96. The third-order valence-electron chi connectivity index (χ3n) is 5.13. The second-order valence-electron chi connectivity index (χ2n) is 10.2. The summed E-state index contributed by atoms with van der Waals surface area (Å²) in [5.74, 6) is -1.35. The van der Waals surface area contributed by atoms with Gasteiger partial charge in [0.25, 0.3) is 0 Å². The van der Waals surface area contributed by atoms with Crippen molar-refractivity contribution in [3.8, 4) is 0 Å². The molecule has 2 atom stereocenters. The summed E-state index contributed by atoms with van der Waals surface area (Å²) in [7, 11) is 0. The molecule has 1 amide bonds. The van der Waals surface area contributed by atoms with E-state index < -0.39 is 29.1 Å². The number of anilines is 1. The summed E-state index contributed by atoms with van der Waals surface area (Å²) in [5.41, 5.74) is 1.58. The van der Waals surface area contributed by atoms with Crippen molar-refractivity contribution in [3.05, 3.63) is 29.3 Å². The Morgan fingerprint density at radius 2 is 1.62 bits per heavy atom. The van der Waals surface area contributed by atoms with E-state index in [9.17, 15) is 24.9 Å². The number of carboxylic acid groups (broad SMARTS) is 1. The van der Waals surface area contributed by atoms with Crippen molar-refractivity contribution in [3.63, 3.8) is 0 Å². The van der Waals surface area contributed by atoms with E-state index in [1.807, 2.05) is 50.8 Å². The highest BCUT2D eigenvalue weighted by Gasteiger charge is 2.37. The van der Waals surface area contributed by atoms with Crippen molar-refractivity contribution in [1.82, 2.24) is 5.32 Å². The summed E-state index contributed by atoms with van der Waals surface area (Å²) < 4.78 is 5.40. The molecule has 0 saturated carbocycles. The molecule has 0 bridgehead atoms. The molecule has 1 aromatic rings. The molecular formula is C24H40N2O6. The number of amides is 1. The summed E-state index contributed by atoms with van der Waals surface area (Å²) in [5, 5.41) is 31.2. The van der Waals surface area contributed by atoms with Crippen LogP contribution in [0.5, 0.6) is 0 Å². The summed E-state index contributed by atoms with van der Waals surface area (Å²) in [6, 6.07) is 5.11. The number of ether oxygens (including phenoxy) is 1. The molecule has 182 valence electrons. The molecule has 1 aromatic carbocycles. The predicted molar refractivity (Wildman–Crippen MR) is 125 cm³/mol. The van der Waals surface area contributed by atoms with E-state index >= 15 is 0 Å². The van der Waals surface area contributed by atoms with Gasteiger partial charge in [-0.25, -0.2) is 4.79 Å². The van der Waals surface area contributed by atoms with Crippen LogP contribution in [0, 0.1) is 12.3 Å². The Morgan fingerprint density at radius 3 is 2.06 bits per heavy atom. The van der Waals surface area contributed by atoms with Gasteiger partial charge in [0.2, 0.25) is 0 Å². The van der Waals surface area contributed by atoms with Crippen LogP contribution in [0.4, 0.5) is 10.5 Å². The summed E-state index contributed by atoms with van der Waals surface area (Å²) >= 11 is 0. The zero-order valence-corrected chi connectivity index (χ0v) is 20.4. The van der Waals surface area contributed by atoms with Crippen LogP contribution in [0.15, 0.2) is 18.2 Å². The van der Waals surface area contributed by atoms with Gasteiger partial charge in [0.05, 0.1) is 19.6 Å². The minimum atomic E-state index is -1.02. The van der Waals surface area contributed by atoms with E-state index in [0.717, 1.165) is 16.8 Å². The first kappa shape index (κ1) is 27.7. The number of aryl methyl sites for hydroxylation is 1. The highest BCUT2D eigenvalue weighted by molar-refractivity contribution is 5.72. The number of nitrogens with one attached hydrogen (secondary N) is 1. The first-order chi connectivity index (χ1) is 14.7. The Balaban J connectivity index is 3.49. The molecule has 0 saturated heterocycles. The first-order valence-corrected chi connectivity index (χ1v) is 11.0. The maximum absolute atomic E-state index is 12.6. The van der Waals surface area contributed by atoms with Crippen molar-refractivity contribution in [2.45, 2.75) is 72.4 Å². The molecule has 0 spiro atoms. The van der Waals surface area contributed by atoms with E-state index in [4.69, 9.17) is 4.74 Å². The molecule has 1 rings (SSSR count). The van der Waals surface area contributed by atoms with Crippen molar-refractivity contribution >= 4 is 17.7 Å². The van der Waals surface area contributed by atoms with E-state index in [2.05, 4.69) is 5.32 Å². The minimum absolute atomic E-state index is 0.0618. The van der Waals surface area contributed by atoms with Crippen LogP contribution in [0.25, 0.3) is 0 Å². The van der Waals surface area contributed by atoms with Crippen molar-refractivity contribution in [2.75, 3.05) is 31.2 Å². The monoisotopic (exact) mass is 452 g/mol. The van der Waals surface area contributed by atoms with E-state index in [0.29, 0.717) is 13.1 Å². The van der Waals surface area contributed by atoms with Crippen molar-refractivity contribution < 1.29 is 29.6 Å². The molecule has 0 heterocycles. The van der Waals surface area contributed by atoms with Gasteiger partial charge in [-0.2, -0.15) is 0 Å². The highest BCUT2D eigenvalue weighted by Crippen LogP contribution is 2.41. The van der Waals surface area contributed by atoms with Crippen LogP contribution >= 0.6 is 0 Å². The molecular weight excluding hydrogens is 412 g/mol. The van der Waals surface area contributed by atoms with Gasteiger partial charge in [-0.1, -0.05) is 26.8 Å². The van der Waals surface area contributed by atoms with E-state index in [1.54, 1.807) is 20.8 Å². The number of hydrogen-bond donors (Lipinski definition) is 4. The van der Waals surface area contributed by atoms with Gasteiger partial charge >= 0.3 is 12.1 Å². The summed E-state index contributed by atoms with van der Waals surface area (Å²) in [6.07, 6.45) is -0.920. The number of hydrogen-bond acceptors (Lipinski definition) is 6. The molecule has 0 aliphatic heterocycles. The van der Waals surface area contributed by atoms with Crippen molar-refractivity contribution in [2.24, 2.45) is 5.41 Å². The van der Waals surface area contributed by atoms with Crippen LogP contribution < -0.4 is 10.2 Å². The van der Waals surface area contributed by atoms with E-state index in [-0.39, 0.29) is 25.6 Å². The van der Waals surface area contributed by atoms with Crippen LogP contribution in [-0.4, -0.2) is 65.3 Å². The SMILES string of the molecule is Cc1ccc(N(CCO)CCO)cc1C([C@@H](CC(=O)O)NC(=O)OC(C)(C)C)C(C)(C)C. The molecule has 8 nitrogen and oxygen atoms in total. The predicted octanol–water partition coefficient (Wildman–Crippen LogP) is 3.28. The molecule has 4 N–H and O–H groups in total. The Kier molecular flexibility index (Phi) is 9.97. The average Bonchev–Trinajstić information content (AvgIpc) is 2.60. The molecule has 0 radical (unpaired) electrons. The number of benzene rings is 1. The molecule has 0 aliphatic rings. The topological polar surface area (TPSA) is 119 Å². The Morgan fingerprint density at radius 1 is 1.06 bits per heavy atom. The molecule has 8 heteroatoms. The van der Waals surface area contributed by atoms with Crippen molar-refractivity contribution in [1.29, 1.82) is 0 Å². The van der Waals surface area contributed by atoms with Crippen LogP contribution in [0.3, 0.4) is 0 Å². The number of alkyl carbamates (subject to hydrolysis) is 1. The third kappa shape index (κ3) is 8.67. The number of nitrogens with zero attached hydrogens (tertiary/aromatic N) is 1. The maximum atomic E-state index is 12.6. The third-order valence-corrected chi connectivity index (χ3v) is 5.13. The quantitative estimate of drug-likeness (QED) is 0.430. The van der Waals surface area contributed by atoms with Gasteiger partial charge in [-0.05, 0) is 56.4 Å². The number of aliphatic hydroxyl groups excluding tert-OH is 2. The standard InChI is InChI=1S/C24H40N2O6/c1-16-8-9-17(26(10-12-27)11-13-28)14-18(16)21(23(2,3)4)19(15-20(29)30)25-22(31)32-24(5,6)7/h8-9,14,19,21,27-28H,10-13,15H2,1-7H3,(H,25,31)(H,29,30)/t19-,21?/m1/s1. The fraction of sp³-hybridized carbons (Fsp3) is 0.667. The van der Waals surface area contributed by atoms with Gasteiger partial charge in [-0.15, -0.1) is 0 Å². The molecule has 0 aromatic heterocycles. The number of aliphatic carboxylic acids is 1. The molecule has 1 unspecified atom stereocenters. The van der Waals surface area contributed by atoms with E-state index in [1.165, 1.54) is 0 Å². The van der Waals surface area contributed by atoms with Gasteiger partial charge in [0.1, 0.15) is 5.60 Å². The lowest BCUT2D eigenvalue weighted by molar-refractivity contribution is -0.137. The normalized spacial score (nSPS) is 13.9. The lowest BCUT2D eigenvalue weighted by Crippen LogP contribution is -2.46. The average molecular weight is 453 g/mol. The molecule has 32 heavy (non-hydrogen) atoms. The number of carbonyl (C=O) groups excluding carboxylic acids is 1. The highest BCUT2D eigenvalue weighted by atomic mass is 16.6. The Bertz CT molecular complexity index is 761. The summed E-state index contributed by atoms with van der Waals surface area (Å²) in [4.78, 5) is 26.1. The fourth-order valence-corrected chi connectivity index (χ4v) is 3.96. The van der Waals surface area contributed by atoms with Gasteiger partial charge in [0.15, 0.2) is 0 Å². The van der Waals surface area contributed by atoms with Crippen LogP contribution in [0.1, 0.15) is 65.0 Å². The number of rotatable bonds is 10. The minimum Gasteiger partial charge on any atom is -0.481 e. The Labute approximate surface area is 191 Å². The second kappa shape index (κ2) is 11.5. The lowest BCUT2D eigenvalue weighted by Gasteiger charge is -2.39. The summed E-state index contributed by atoms with van der Waals surface area (Å²) in [6.45, 7) is 13.8. The zero-order chi connectivity index (χ0) is 24.7. The largest absolute Gasteiger partial charge is 0.481 e. The van der Waals surface area contributed by atoms with Gasteiger partial charge in [0, 0.05) is 30.7 Å². The molecule has 0 fully saturated rings. The molecule has 0 aliphatic carbocycles. The lowest BCUT2D eigenvalue weighted by atomic mass is 9.70. The number of carboxylic acids is 1. The Hall–Kier alpha value is -2.32.